The van der Waals surface area contributed by atoms with Gasteiger partial charge in [-0.3, -0.25) is 24.2 Å². The van der Waals surface area contributed by atoms with Crippen molar-refractivity contribution in [3.05, 3.63) is 93.8 Å². The van der Waals surface area contributed by atoms with Gasteiger partial charge in [-0.05, 0) is 88.8 Å². The number of hydrogen-bond acceptors (Lipinski definition) is 13. The van der Waals surface area contributed by atoms with E-state index in [-0.39, 0.29) is 63.8 Å². The number of Topliss-reactive ketones (excluding diaryl/α,β-unsaturated/α-hetero) is 1. The van der Waals surface area contributed by atoms with Gasteiger partial charge in [0.15, 0.2) is 17.3 Å². The molecule has 4 heterocycles. The highest BCUT2D eigenvalue weighted by atomic mass is 19.1. The number of aryl methyl sites for hydroxylation is 2. The summed E-state index contributed by atoms with van der Waals surface area (Å²) in [4.78, 5) is 61.3. The number of likely N-dealkylation sites (tertiary alicyclic amines) is 2. The number of ketones is 3. The zero-order chi connectivity index (χ0) is 38.7. The molecule has 0 amide bonds. The van der Waals surface area contributed by atoms with Crippen LogP contribution in [0.3, 0.4) is 0 Å². The zero-order valence-electron chi connectivity index (χ0n) is 30.9. The second-order valence-electron chi connectivity index (χ2n) is 14.2. The fraction of sp³-hybridized carbons (Fsp3) is 0.410. The number of carbonyl (C=O) groups excluding carboxylic acids is 3. The van der Waals surface area contributed by atoms with Crippen LogP contribution < -0.4 is 22.1 Å². The number of carbonyl (C=O) groups is 3. The van der Waals surface area contributed by atoms with Crippen LogP contribution in [0.15, 0.2) is 48.8 Å². The summed E-state index contributed by atoms with van der Waals surface area (Å²) in [7, 11) is 0. The number of aromatic nitrogens is 4. The Morgan fingerprint density at radius 1 is 0.667 bits per heavy atom. The van der Waals surface area contributed by atoms with Crippen molar-refractivity contribution in [2.75, 3.05) is 48.3 Å². The lowest BCUT2D eigenvalue weighted by Crippen LogP contribution is -2.54. The Hall–Kier alpha value is -5.41. The van der Waals surface area contributed by atoms with E-state index in [1.54, 1.807) is 26.0 Å². The average Bonchev–Trinajstić information content (AvgIpc) is 3.16. The smallest absolute Gasteiger partial charge is 0.224 e. The molecule has 0 bridgehead atoms. The lowest BCUT2D eigenvalue weighted by molar-refractivity contribution is -0.129. The number of piperidine rings is 2. The van der Waals surface area contributed by atoms with Gasteiger partial charge in [-0.25, -0.2) is 18.7 Å². The first-order chi connectivity index (χ1) is 25.8. The Balaban J connectivity index is 0.954. The van der Waals surface area contributed by atoms with Gasteiger partial charge in [0.25, 0.3) is 0 Å². The normalized spacial score (nSPS) is 17.1. The minimum Gasteiger partial charge on any atom is -0.383 e. The molecule has 284 valence electrons. The Morgan fingerprint density at radius 2 is 1.04 bits per heavy atom. The summed E-state index contributed by atoms with van der Waals surface area (Å²) in [6.07, 6.45) is 5.80. The van der Waals surface area contributed by atoms with Crippen molar-refractivity contribution in [1.29, 1.82) is 0 Å². The van der Waals surface area contributed by atoms with Gasteiger partial charge >= 0.3 is 0 Å². The van der Waals surface area contributed by atoms with Crippen LogP contribution in [0.4, 0.5) is 32.3 Å². The molecule has 2 unspecified atom stereocenters. The van der Waals surface area contributed by atoms with Gasteiger partial charge in [0.2, 0.25) is 11.9 Å². The first kappa shape index (κ1) is 38.3. The summed E-state index contributed by atoms with van der Waals surface area (Å²) in [6.45, 7) is 10.2. The lowest BCUT2D eigenvalue weighted by atomic mass is 9.97. The van der Waals surface area contributed by atoms with Crippen LogP contribution >= 0.6 is 0 Å². The van der Waals surface area contributed by atoms with E-state index in [1.165, 1.54) is 36.7 Å². The molecule has 2 aromatic carbocycles. The maximum atomic E-state index is 13.8. The van der Waals surface area contributed by atoms with Gasteiger partial charge in [-0.2, -0.15) is 9.97 Å². The van der Waals surface area contributed by atoms with E-state index < -0.39 is 23.2 Å². The van der Waals surface area contributed by atoms with Crippen molar-refractivity contribution < 1.29 is 23.2 Å². The highest BCUT2D eigenvalue weighted by Crippen LogP contribution is 2.24. The first-order valence-electron chi connectivity index (χ1n) is 18.2. The molecule has 54 heavy (non-hydrogen) atoms. The number of halogens is 2. The van der Waals surface area contributed by atoms with E-state index >= 15 is 0 Å². The van der Waals surface area contributed by atoms with Crippen molar-refractivity contribution in [2.45, 2.75) is 77.5 Å². The fourth-order valence-electron chi connectivity index (χ4n) is 7.18. The number of hydrogen-bond donors (Lipinski definition) is 4. The molecule has 6 N–H and O–H groups in total. The minimum absolute atomic E-state index is 0.0188. The summed E-state index contributed by atoms with van der Waals surface area (Å²) in [5.74, 6) is -1.06. The van der Waals surface area contributed by atoms with E-state index in [9.17, 15) is 23.2 Å². The molecule has 2 aliphatic heterocycles. The van der Waals surface area contributed by atoms with Gasteiger partial charge in [0.05, 0.1) is 23.2 Å². The van der Waals surface area contributed by atoms with Crippen molar-refractivity contribution in [3.8, 4) is 0 Å². The number of nitrogen functional groups attached to an aromatic ring is 2. The second-order valence-corrected chi connectivity index (χ2v) is 14.2. The summed E-state index contributed by atoms with van der Waals surface area (Å²) >= 11 is 0. The standard InChI is InChI=1S/C39H46F2N10O3/c1-21-5-7-25(40)17-29(21)34(53)31-19-44-38(48-36(31)42)46-27-9-13-50(14-10-27)23(3)33(52)24(4)51-15-11-28(12-16-51)47-39-45-20-32(37(43)49-39)35(54)30-18-26(41)8-6-22(30)2/h5-8,17-20,23-24,27-28H,9-16H2,1-4H3,(H3,42,44,46,48)(H3,43,45,47,49). The maximum Gasteiger partial charge on any atom is 0.224 e. The lowest BCUT2D eigenvalue weighted by Gasteiger charge is -2.40. The predicted molar refractivity (Wildman–Crippen MR) is 202 cm³/mol. The van der Waals surface area contributed by atoms with Crippen molar-refractivity contribution in [3.63, 3.8) is 0 Å². The van der Waals surface area contributed by atoms with Gasteiger partial charge in [0.1, 0.15) is 23.3 Å². The topological polar surface area (TPSA) is 185 Å². The first-order valence-corrected chi connectivity index (χ1v) is 18.2. The number of anilines is 4. The molecular formula is C39H46F2N10O3. The monoisotopic (exact) mass is 740 g/mol. The molecule has 2 atom stereocenters. The van der Waals surface area contributed by atoms with Crippen LogP contribution in [-0.4, -0.2) is 97.4 Å². The Bertz CT molecular complexity index is 1900. The molecule has 4 aromatic rings. The predicted octanol–water partition coefficient (Wildman–Crippen LogP) is 4.59. The third kappa shape index (κ3) is 8.52. The SMILES string of the molecule is Cc1ccc(F)cc1C(=O)c1cnc(NC2CCN(C(C)C(=O)C(C)N3CCC(Nc4ncc(C(=O)c5cc(F)ccc5C)c(N)n4)CC3)CC2)nc1N. The number of nitrogens with two attached hydrogens (primary N) is 2. The molecule has 2 fully saturated rings. The number of benzene rings is 2. The number of nitrogens with zero attached hydrogens (tertiary/aromatic N) is 6. The van der Waals surface area contributed by atoms with Crippen LogP contribution in [0.2, 0.25) is 0 Å². The summed E-state index contributed by atoms with van der Waals surface area (Å²) in [6, 6.07) is 7.67. The molecule has 2 aromatic heterocycles. The van der Waals surface area contributed by atoms with Crippen LogP contribution in [0, 0.1) is 25.5 Å². The molecule has 0 spiro atoms. The quantitative estimate of drug-likeness (QED) is 0.148. The highest BCUT2D eigenvalue weighted by molar-refractivity contribution is 6.13. The van der Waals surface area contributed by atoms with Gasteiger partial charge in [0, 0.05) is 61.8 Å². The second kappa shape index (κ2) is 16.3. The third-order valence-corrected chi connectivity index (χ3v) is 10.7. The molecule has 0 radical (unpaired) electrons. The van der Waals surface area contributed by atoms with E-state index in [1.807, 2.05) is 13.8 Å². The maximum absolute atomic E-state index is 13.8. The van der Waals surface area contributed by atoms with E-state index in [0.29, 0.717) is 49.2 Å². The van der Waals surface area contributed by atoms with Gasteiger partial charge in [-0.1, -0.05) is 12.1 Å². The molecule has 2 saturated heterocycles. The Morgan fingerprint density at radius 3 is 1.39 bits per heavy atom. The molecule has 0 saturated carbocycles. The van der Waals surface area contributed by atoms with Crippen molar-refractivity contribution >= 4 is 40.9 Å². The van der Waals surface area contributed by atoms with E-state index in [4.69, 9.17) is 11.5 Å². The largest absolute Gasteiger partial charge is 0.383 e. The van der Waals surface area contributed by atoms with Crippen LogP contribution in [0.1, 0.15) is 82.5 Å². The Kier molecular flexibility index (Phi) is 11.6. The summed E-state index contributed by atoms with van der Waals surface area (Å²) in [5, 5.41) is 6.62. The van der Waals surface area contributed by atoms with Crippen LogP contribution in [-0.2, 0) is 4.79 Å². The molecule has 2 aliphatic rings. The zero-order valence-corrected chi connectivity index (χ0v) is 30.9. The number of rotatable bonds is 12. The molecular weight excluding hydrogens is 694 g/mol. The van der Waals surface area contributed by atoms with Crippen molar-refractivity contribution in [1.82, 2.24) is 29.7 Å². The molecule has 6 rings (SSSR count). The van der Waals surface area contributed by atoms with Crippen molar-refractivity contribution in [2.24, 2.45) is 0 Å². The van der Waals surface area contributed by atoms with E-state index in [0.717, 1.165) is 25.7 Å². The number of nitrogens with one attached hydrogen (secondary N) is 2. The highest BCUT2D eigenvalue weighted by Gasteiger charge is 2.33. The molecule has 15 heteroatoms. The van der Waals surface area contributed by atoms with Crippen LogP contribution in [0.25, 0.3) is 0 Å². The molecule has 0 aliphatic carbocycles. The summed E-state index contributed by atoms with van der Waals surface area (Å²) in [5.41, 5.74) is 14.2. The average molecular weight is 741 g/mol. The van der Waals surface area contributed by atoms with Gasteiger partial charge < -0.3 is 22.1 Å². The summed E-state index contributed by atoms with van der Waals surface area (Å²) < 4.78 is 27.6. The fourth-order valence-corrected chi connectivity index (χ4v) is 7.18. The van der Waals surface area contributed by atoms with E-state index in [2.05, 4.69) is 40.4 Å². The minimum atomic E-state index is -0.508. The Labute approximate surface area is 313 Å². The molecule has 13 nitrogen and oxygen atoms in total. The van der Waals surface area contributed by atoms with Gasteiger partial charge in [-0.15, -0.1) is 0 Å². The third-order valence-electron chi connectivity index (χ3n) is 10.7. The van der Waals surface area contributed by atoms with Crippen LogP contribution in [0.5, 0.6) is 0 Å².